The molecule has 0 aromatic heterocycles. The third-order valence-corrected chi connectivity index (χ3v) is 11.9. The van der Waals surface area contributed by atoms with Crippen molar-refractivity contribution in [1.29, 1.82) is 0 Å². The molecule has 0 aliphatic carbocycles. The van der Waals surface area contributed by atoms with E-state index in [1.54, 1.807) is 0 Å². The van der Waals surface area contributed by atoms with E-state index in [0.29, 0.717) is 29.6 Å². The van der Waals surface area contributed by atoms with Crippen molar-refractivity contribution in [2.45, 2.75) is 43.4 Å². The predicted molar refractivity (Wildman–Crippen MR) is 222 cm³/mol. The highest BCUT2D eigenvalue weighted by Crippen LogP contribution is 2.39. The van der Waals surface area contributed by atoms with Gasteiger partial charge in [-0.2, -0.15) is 0 Å². The Morgan fingerprint density at radius 3 is 1.56 bits per heavy atom. The molecule has 52 heavy (non-hydrogen) atoms. The first-order chi connectivity index (χ1) is 24.6. The summed E-state index contributed by atoms with van der Waals surface area (Å²) in [6.07, 6.45) is 5.60. The fourth-order valence-corrected chi connectivity index (χ4v) is 8.47. The largest absolute Gasteiger partial charge is 0.341 e. The van der Waals surface area contributed by atoms with Gasteiger partial charge >= 0.3 is 0 Å². The molecule has 0 radical (unpaired) electrons. The van der Waals surface area contributed by atoms with E-state index in [4.69, 9.17) is 52.1 Å². The Morgan fingerprint density at radius 2 is 1.06 bits per heavy atom. The van der Waals surface area contributed by atoms with Gasteiger partial charge in [-0.1, -0.05) is 94.9 Å². The minimum Gasteiger partial charge on any atom is -0.341 e. The molecule has 0 amide bonds. The maximum Gasteiger partial charge on any atom is 0.240 e. The predicted octanol–water partition coefficient (Wildman–Crippen LogP) is 10.6. The molecule has 6 nitrogen and oxygen atoms in total. The van der Waals surface area contributed by atoms with Gasteiger partial charge in [0.05, 0.1) is 14.9 Å². The third-order valence-electron chi connectivity index (χ3n) is 9.21. The first-order valence-corrected chi connectivity index (χ1v) is 20.1. The Bertz CT molecular complexity index is 2110. The number of nitrogens with two attached hydrogens (primary N) is 1. The van der Waals surface area contributed by atoms with Crippen LogP contribution in [0.15, 0.2) is 108 Å². The van der Waals surface area contributed by atoms with Crippen LogP contribution in [0.3, 0.4) is 0 Å². The van der Waals surface area contributed by atoms with Crippen LogP contribution >= 0.6 is 58.8 Å². The Hall–Kier alpha value is -2.98. The van der Waals surface area contributed by atoms with Crippen LogP contribution in [0.1, 0.15) is 35.1 Å². The molecule has 3 N–H and O–H groups in total. The molecule has 274 valence electrons. The van der Waals surface area contributed by atoms with Crippen LogP contribution in [-0.4, -0.2) is 34.6 Å². The van der Waals surface area contributed by atoms with E-state index in [1.807, 2.05) is 30.3 Å². The first kappa shape index (κ1) is 40.2. The average molecular weight is 819 g/mol. The lowest BCUT2D eigenvalue weighted by Crippen LogP contribution is -2.28. The second-order valence-electron chi connectivity index (χ2n) is 12.6. The number of rotatable bonds is 9. The normalized spacial score (nSPS) is 13.2. The molecule has 7 rings (SSSR count). The van der Waals surface area contributed by atoms with E-state index in [9.17, 15) is 8.42 Å². The van der Waals surface area contributed by atoms with Crippen molar-refractivity contribution in [2.75, 3.05) is 36.0 Å². The zero-order chi connectivity index (χ0) is 36.0. The average Bonchev–Trinajstić information content (AvgIpc) is 3.38. The lowest BCUT2D eigenvalue weighted by molar-refractivity contribution is 0.579. The van der Waals surface area contributed by atoms with E-state index < -0.39 is 10.0 Å². The number of fused-ring (bicyclic) bond motifs is 4. The topological polar surface area (TPSA) is 78.7 Å². The van der Waals surface area contributed by atoms with Crippen LogP contribution in [0.2, 0.25) is 20.1 Å². The Labute approximate surface area is 333 Å². The number of hydrogen-bond donors (Lipinski definition) is 2. The summed E-state index contributed by atoms with van der Waals surface area (Å²) in [5.74, 6) is 0. The van der Waals surface area contributed by atoms with Gasteiger partial charge in [0.25, 0.3) is 0 Å². The van der Waals surface area contributed by atoms with Gasteiger partial charge in [0, 0.05) is 52.4 Å². The monoisotopic (exact) mass is 816 g/mol. The van der Waals surface area contributed by atoms with Gasteiger partial charge in [-0.05, 0) is 122 Å². The van der Waals surface area contributed by atoms with Gasteiger partial charge in [0.15, 0.2) is 0 Å². The van der Waals surface area contributed by atoms with Gasteiger partial charge in [-0.15, -0.1) is 12.4 Å². The van der Waals surface area contributed by atoms with E-state index in [1.165, 1.54) is 51.8 Å². The standard InChI is InChI=1S/C23H21Cl3N2O2S.C17H19ClN2.ClH/c24-18-9-8-17-7-6-16-4-1-2-5-22(16)28(23(17)14-18)13-3-12-27-31(29,30)19-10-11-20(25)21(26)15-19;18-15-9-8-14-7-6-13-4-1-2-5-16(13)20(11-3-10-19)17(14)12-15;/h1-2,4-5,8-11,14-15,27H,3,6-7,12-13H2;1-2,4-5,8-9,12H,3,6-7,10-11,19H2;1H. The third kappa shape index (κ3) is 9.57. The highest BCUT2D eigenvalue weighted by atomic mass is 35.5. The van der Waals surface area contributed by atoms with Crippen molar-refractivity contribution >= 4 is 91.6 Å². The fourth-order valence-electron chi connectivity index (χ4n) is 6.67. The Kier molecular flexibility index (Phi) is 14.2. The van der Waals surface area contributed by atoms with Gasteiger partial charge in [-0.3, -0.25) is 0 Å². The van der Waals surface area contributed by atoms with Crippen molar-refractivity contribution in [3.63, 3.8) is 0 Å². The van der Waals surface area contributed by atoms with Crippen molar-refractivity contribution in [3.05, 3.63) is 145 Å². The summed E-state index contributed by atoms with van der Waals surface area (Å²) >= 11 is 24.4. The maximum atomic E-state index is 12.6. The SMILES string of the molecule is Cl.NCCCN1c2ccccc2CCc2ccc(Cl)cc21.O=S(=O)(NCCCN1c2ccccc2CCc2ccc(Cl)cc21)c1ccc(Cl)c(Cl)c1. The number of sulfonamides is 1. The molecule has 0 saturated heterocycles. The quantitative estimate of drug-likeness (QED) is 0.145. The number of para-hydroxylation sites is 2. The first-order valence-electron chi connectivity index (χ1n) is 17.1. The highest BCUT2D eigenvalue weighted by molar-refractivity contribution is 7.89. The molecular formula is C40H41Cl5N4O2S. The molecule has 5 aromatic rings. The second-order valence-corrected chi connectivity index (χ2v) is 16.0. The summed E-state index contributed by atoms with van der Waals surface area (Å²) in [4.78, 5) is 4.70. The molecule has 2 aliphatic heterocycles. The summed E-state index contributed by atoms with van der Waals surface area (Å²) in [6, 6.07) is 33.4. The van der Waals surface area contributed by atoms with Gasteiger partial charge in [0.1, 0.15) is 0 Å². The van der Waals surface area contributed by atoms with Crippen LogP contribution in [0.25, 0.3) is 0 Å². The molecule has 5 aromatic carbocycles. The molecule has 0 saturated carbocycles. The molecular weight excluding hydrogens is 778 g/mol. The smallest absolute Gasteiger partial charge is 0.240 e. The number of nitrogens with zero attached hydrogens (tertiary/aromatic N) is 2. The van der Waals surface area contributed by atoms with Crippen molar-refractivity contribution in [2.24, 2.45) is 5.73 Å². The van der Waals surface area contributed by atoms with Crippen molar-refractivity contribution in [1.82, 2.24) is 4.72 Å². The summed E-state index contributed by atoms with van der Waals surface area (Å²) in [5.41, 5.74) is 15.7. The molecule has 0 spiro atoms. The maximum absolute atomic E-state index is 12.6. The second kappa shape index (κ2) is 18.4. The molecule has 12 heteroatoms. The number of anilines is 4. The zero-order valence-electron chi connectivity index (χ0n) is 28.5. The molecule has 0 atom stereocenters. The van der Waals surface area contributed by atoms with Crippen molar-refractivity contribution in [3.8, 4) is 0 Å². The zero-order valence-corrected chi connectivity index (χ0v) is 33.2. The van der Waals surface area contributed by atoms with Crippen LogP contribution in [0, 0.1) is 0 Å². The lowest BCUT2D eigenvalue weighted by Gasteiger charge is -2.27. The number of aryl methyl sites for hydroxylation is 4. The van der Waals surface area contributed by atoms with Crippen LogP contribution in [-0.2, 0) is 35.7 Å². The van der Waals surface area contributed by atoms with Crippen LogP contribution in [0.4, 0.5) is 22.7 Å². The molecule has 2 heterocycles. The number of hydrogen-bond acceptors (Lipinski definition) is 5. The number of nitrogens with one attached hydrogen (secondary N) is 1. The van der Waals surface area contributed by atoms with E-state index >= 15 is 0 Å². The minimum atomic E-state index is -3.67. The minimum absolute atomic E-state index is 0. The summed E-state index contributed by atoms with van der Waals surface area (Å²) in [6.45, 7) is 2.57. The van der Waals surface area contributed by atoms with Gasteiger partial charge in [-0.25, -0.2) is 13.1 Å². The van der Waals surface area contributed by atoms with Crippen LogP contribution in [0.5, 0.6) is 0 Å². The number of halogens is 5. The molecule has 2 aliphatic rings. The molecule has 0 fully saturated rings. The molecule has 0 unspecified atom stereocenters. The summed E-state index contributed by atoms with van der Waals surface area (Å²) < 4.78 is 27.9. The highest BCUT2D eigenvalue weighted by Gasteiger charge is 2.22. The van der Waals surface area contributed by atoms with Gasteiger partial charge in [0.2, 0.25) is 10.0 Å². The van der Waals surface area contributed by atoms with E-state index in [0.717, 1.165) is 55.0 Å². The summed E-state index contributed by atoms with van der Waals surface area (Å²) in [7, 11) is -3.67. The fraction of sp³-hybridized carbons (Fsp3) is 0.250. The van der Waals surface area contributed by atoms with Gasteiger partial charge < -0.3 is 15.5 Å². The van der Waals surface area contributed by atoms with Crippen molar-refractivity contribution < 1.29 is 8.42 Å². The Morgan fingerprint density at radius 1 is 0.577 bits per heavy atom. The summed E-state index contributed by atoms with van der Waals surface area (Å²) in [5, 5.41) is 2.00. The van der Waals surface area contributed by atoms with E-state index in [-0.39, 0.29) is 28.9 Å². The van der Waals surface area contributed by atoms with E-state index in [2.05, 4.69) is 69.1 Å². The lowest BCUT2D eigenvalue weighted by atomic mass is 10.0. The molecule has 0 bridgehead atoms. The number of benzene rings is 5. The van der Waals surface area contributed by atoms with Crippen LogP contribution < -0.4 is 20.3 Å². The Balaban J connectivity index is 0.000000215.